The molecule has 0 bridgehead atoms. The van der Waals surface area contributed by atoms with Crippen LogP contribution >= 0.6 is 0 Å². The number of aromatic nitrogens is 2. The van der Waals surface area contributed by atoms with Crippen LogP contribution in [0.15, 0.2) is 36.7 Å². The molecule has 4 rings (SSSR count). The van der Waals surface area contributed by atoms with Crippen molar-refractivity contribution in [3.63, 3.8) is 0 Å². The number of hydrogen-bond acceptors (Lipinski definition) is 5. The summed E-state index contributed by atoms with van der Waals surface area (Å²) in [6.07, 6.45) is 10.7. The minimum atomic E-state index is 0.588. The molecule has 27 heavy (non-hydrogen) atoms. The van der Waals surface area contributed by atoms with Crippen LogP contribution in [0, 0.1) is 5.41 Å². The van der Waals surface area contributed by atoms with E-state index in [2.05, 4.69) is 20.2 Å². The van der Waals surface area contributed by atoms with Gasteiger partial charge in [-0.2, -0.15) is 0 Å². The number of likely N-dealkylation sites (tertiary alicyclic amines) is 1. The summed E-state index contributed by atoms with van der Waals surface area (Å²) in [4.78, 5) is 11.8. The number of ether oxygens (including phenoxy) is 1. The van der Waals surface area contributed by atoms with Crippen molar-refractivity contribution in [3.8, 4) is 17.1 Å². The number of hydrogen-bond donors (Lipinski definition) is 1. The van der Waals surface area contributed by atoms with Gasteiger partial charge in [0.05, 0.1) is 12.7 Å². The van der Waals surface area contributed by atoms with Gasteiger partial charge in [-0.3, -0.25) is 4.90 Å². The molecule has 0 saturated carbocycles. The highest BCUT2D eigenvalue weighted by Crippen LogP contribution is 2.39. The maximum Gasteiger partial charge on any atom is 0.162 e. The van der Waals surface area contributed by atoms with Gasteiger partial charge in [0.15, 0.2) is 5.82 Å². The van der Waals surface area contributed by atoms with Crippen LogP contribution in [-0.2, 0) is 6.54 Å². The summed E-state index contributed by atoms with van der Waals surface area (Å²) in [5.41, 5.74) is 2.72. The van der Waals surface area contributed by atoms with E-state index in [0.29, 0.717) is 5.41 Å². The Bertz CT molecular complexity index is 740. The topological polar surface area (TPSA) is 50.3 Å². The highest BCUT2D eigenvalue weighted by molar-refractivity contribution is 5.63. The number of nitrogens with one attached hydrogen (secondary N) is 1. The van der Waals surface area contributed by atoms with Crippen molar-refractivity contribution in [2.75, 3.05) is 33.3 Å². The molecule has 3 heterocycles. The summed E-state index contributed by atoms with van der Waals surface area (Å²) in [5, 5.41) is 3.52. The molecule has 2 aliphatic rings. The summed E-state index contributed by atoms with van der Waals surface area (Å²) < 4.78 is 5.43. The third-order valence-electron chi connectivity index (χ3n) is 6.26. The van der Waals surface area contributed by atoms with Gasteiger partial charge in [-0.1, -0.05) is 12.1 Å². The van der Waals surface area contributed by atoms with E-state index in [1.807, 2.05) is 36.7 Å². The lowest BCUT2D eigenvalue weighted by Crippen LogP contribution is -2.37. The minimum absolute atomic E-state index is 0.588. The number of rotatable bonds is 4. The summed E-state index contributed by atoms with van der Waals surface area (Å²) in [6, 6.07) is 7.90. The Labute approximate surface area is 162 Å². The highest BCUT2D eigenvalue weighted by Gasteiger charge is 2.33. The second-order valence-corrected chi connectivity index (χ2v) is 7.99. The van der Waals surface area contributed by atoms with Crippen LogP contribution in [0.4, 0.5) is 0 Å². The first-order valence-electron chi connectivity index (χ1n) is 10.2. The van der Waals surface area contributed by atoms with Gasteiger partial charge in [0.1, 0.15) is 5.75 Å². The summed E-state index contributed by atoms with van der Waals surface area (Å²) in [5.74, 6) is 1.53. The number of methoxy groups -OCH3 is 1. The van der Waals surface area contributed by atoms with E-state index in [9.17, 15) is 0 Å². The monoisotopic (exact) mass is 366 g/mol. The van der Waals surface area contributed by atoms with Crippen molar-refractivity contribution >= 4 is 0 Å². The highest BCUT2D eigenvalue weighted by atomic mass is 16.5. The molecule has 0 unspecified atom stereocenters. The quantitative estimate of drug-likeness (QED) is 0.897. The van der Waals surface area contributed by atoms with Crippen LogP contribution in [0.2, 0.25) is 0 Å². The van der Waals surface area contributed by atoms with Crippen LogP contribution in [0.3, 0.4) is 0 Å². The summed E-state index contributed by atoms with van der Waals surface area (Å²) in [7, 11) is 1.68. The van der Waals surface area contributed by atoms with E-state index >= 15 is 0 Å². The summed E-state index contributed by atoms with van der Waals surface area (Å²) >= 11 is 0. The van der Waals surface area contributed by atoms with Crippen LogP contribution in [0.5, 0.6) is 5.75 Å². The maximum absolute atomic E-state index is 5.43. The van der Waals surface area contributed by atoms with Crippen LogP contribution < -0.4 is 10.1 Å². The third-order valence-corrected chi connectivity index (χ3v) is 6.26. The molecule has 144 valence electrons. The van der Waals surface area contributed by atoms with E-state index in [-0.39, 0.29) is 0 Å². The van der Waals surface area contributed by atoms with Gasteiger partial charge >= 0.3 is 0 Å². The van der Waals surface area contributed by atoms with Gasteiger partial charge in [0, 0.05) is 24.5 Å². The number of nitrogens with zero attached hydrogens (tertiary/aromatic N) is 3. The van der Waals surface area contributed by atoms with Gasteiger partial charge in [-0.05, 0) is 75.8 Å². The van der Waals surface area contributed by atoms with Gasteiger partial charge in [-0.15, -0.1) is 0 Å². The molecule has 2 fully saturated rings. The lowest BCUT2D eigenvalue weighted by atomic mass is 9.73. The fourth-order valence-electron chi connectivity index (χ4n) is 4.59. The standard InChI is InChI=1S/C22H30N4O/c1-27-20-6-3-2-5-19(20)21-24-15-18(16-25-21)17-26-13-4-7-22(10-14-26)8-11-23-12-9-22/h2-3,5-6,15-16,23H,4,7-14,17H2,1H3. The summed E-state index contributed by atoms with van der Waals surface area (Å²) in [6.45, 7) is 5.70. The fourth-order valence-corrected chi connectivity index (χ4v) is 4.59. The fraction of sp³-hybridized carbons (Fsp3) is 0.545. The molecule has 0 amide bonds. The Balaban J connectivity index is 1.40. The average molecular weight is 367 g/mol. The number of para-hydroxylation sites is 1. The Morgan fingerprint density at radius 2 is 1.81 bits per heavy atom. The zero-order valence-electron chi connectivity index (χ0n) is 16.3. The predicted octanol–water partition coefficient (Wildman–Crippen LogP) is 3.51. The Hall–Kier alpha value is -1.98. The van der Waals surface area contributed by atoms with Gasteiger partial charge < -0.3 is 10.1 Å². The van der Waals surface area contributed by atoms with Gasteiger partial charge in [0.2, 0.25) is 0 Å². The Kier molecular flexibility index (Phi) is 5.69. The molecule has 1 N–H and O–H groups in total. The predicted molar refractivity (Wildman–Crippen MR) is 108 cm³/mol. The van der Waals surface area contributed by atoms with Crippen molar-refractivity contribution < 1.29 is 4.74 Å². The van der Waals surface area contributed by atoms with Crippen molar-refractivity contribution in [1.29, 1.82) is 0 Å². The second-order valence-electron chi connectivity index (χ2n) is 7.99. The normalized spacial score (nSPS) is 20.3. The molecule has 0 radical (unpaired) electrons. The molecule has 2 aromatic rings. The zero-order chi connectivity index (χ0) is 18.5. The average Bonchev–Trinajstić information content (AvgIpc) is 2.91. The first kappa shape index (κ1) is 18.4. The molecular formula is C22H30N4O. The lowest BCUT2D eigenvalue weighted by molar-refractivity contribution is 0.167. The number of benzene rings is 1. The first-order valence-corrected chi connectivity index (χ1v) is 10.2. The SMILES string of the molecule is COc1ccccc1-c1ncc(CN2CCCC3(CCNCC3)CC2)cn1. The van der Waals surface area contributed by atoms with Crippen molar-refractivity contribution in [3.05, 3.63) is 42.2 Å². The van der Waals surface area contributed by atoms with Crippen LogP contribution in [0.25, 0.3) is 11.4 Å². The molecule has 2 aliphatic heterocycles. The van der Waals surface area contributed by atoms with Crippen LogP contribution in [-0.4, -0.2) is 48.2 Å². The van der Waals surface area contributed by atoms with Crippen molar-refractivity contribution in [2.24, 2.45) is 5.41 Å². The van der Waals surface area contributed by atoms with Gasteiger partial charge in [0.25, 0.3) is 0 Å². The molecule has 1 aromatic heterocycles. The molecule has 1 spiro atoms. The van der Waals surface area contributed by atoms with Crippen LogP contribution in [0.1, 0.15) is 37.7 Å². The molecule has 1 aromatic carbocycles. The van der Waals surface area contributed by atoms with E-state index in [1.165, 1.54) is 63.8 Å². The first-order chi connectivity index (χ1) is 13.3. The van der Waals surface area contributed by atoms with Crippen molar-refractivity contribution in [1.82, 2.24) is 20.2 Å². The zero-order valence-corrected chi connectivity index (χ0v) is 16.3. The molecule has 5 heteroatoms. The minimum Gasteiger partial charge on any atom is -0.496 e. The lowest BCUT2D eigenvalue weighted by Gasteiger charge is -2.37. The molecule has 5 nitrogen and oxygen atoms in total. The molecule has 0 aliphatic carbocycles. The number of piperidine rings is 1. The van der Waals surface area contributed by atoms with E-state index in [1.54, 1.807) is 7.11 Å². The Morgan fingerprint density at radius 1 is 1.04 bits per heavy atom. The maximum atomic E-state index is 5.43. The smallest absolute Gasteiger partial charge is 0.162 e. The molecule has 2 saturated heterocycles. The van der Waals surface area contributed by atoms with Gasteiger partial charge in [-0.25, -0.2) is 9.97 Å². The Morgan fingerprint density at radius 3 is 2.59 bits per heavy atom. The largest absolute Gasteiger partial charge is 0.496 e. The third kappa shape index (κ3) is 4.30. The second kappa shape index (κ2) is 8.36. The molecule has 0 atom stereocenters. The van der Waals surface area contributed by atoms with Crippen molar-refractivity contribution in [2.45, 2.75) is 38.6 Å². The van der Waals surface area contributed by atoms with E-state index in [0.717, 1.165) is 23.7 Å². The molecular weight excluding hydrogens is 336 g/mol. The van der Waals surface area contributed by atoms with E-state index in [4.69, 9.17) is 4.74 Å². The van der Waals surface area contributed by atoms with E-state index < -0.39 is 0 Å².